The summed E-state index contributed by atoms with van der Waals surface area (Å²) in [5.41, 5.74) is 3.30. The Kier molecular flexibility index (Phi) is 6.01. The molecule has 4 rings (SSSR count). The van der Waals surface area contributed by atoms with Crippen LogP contribution in [0, 0.1) is 5.82 Å². The van der Waals surface area contributed by atoms with Gasteiger partial charge in [0, 0.05) is 29.1 Å². The molecule has 0 amide bonds. The molecule has 0 aliphatic rings. The molecule has 158 valence electrons. The van der Waals surface area contributed by atoms with Crippen LogP contribution < -0.4 is 5.56 Å². The molecule has 2 heterocycles. The summed E-state index contributed by atoms with van der Waals surface area (Å²) < 4.78 is 13.0. The fourth-order valence-corrected chi connectivity index (χ4v) is 4.04. The molecular formula is C23H21FN4O2S. The summed E-state index contributed by atoms with van der Waals surface area (Å²) in [6.45, 7) is 0.696. The van der Waals surface area contributed by atoms with Gasteiger partial charge in [0.15, 0.2) is 10.9 Å². The first-order chi connectivity index (χ1) is 14.9. The van der Waals surface area contributed by atoms with Crippen LogP contribution in [0.1, 0.15) is 27.2 Å². The van der Waals surface area contributed by atoms with Gasteiger partial charge in [0.2, 0.25) is 0 Å². The van der Waals surface area contributed by atoms with Crippen LogP contribution in [0.15, 0.2) is 64.5 Å². The van der Waals surface area contributed by atoms with Gasteiger partial charge >= 0.3 is 0 Å². The Morgan fingerprint density at radius 3 is 2.32 bits per heavy atom. The highest BCUT2D eigenvalue weighted by Crippen LogP contribution is 2.21. The van der Waals surface area contributed by atoms with Crippen LogP contribution in [-0.4, -0.2) is 39.7 Å². The molecule has 0 aliphatic heterocycles. The molecule has 0 radical (unpaired) electrons. The van der Waals surface area contributed by atoms with E-state index in [-0.39, 0.29) is 17.2 Å². The van der Waals surface area contributed by atoms with E-state index < -0.39 is 0 Å². The third kappa shape index (κ3) is 4.92. The molecule has 0 saturated heterocycles. The lowest BCUT2D eigenvalue weighted by molar-refractivity contribution is 0.103. The van der Waals surface area contributed by atoms with E-state index in [1.807, 2.05) is 37.2 Å². The van der Waals surface area contributed by atoms with Gasteiger partial charge in [-0.3, -0.25) is 9.59 Å². The molecule has 4 aromatic rings. The molecule has 0 fully saturated rings. The van der Waals surface area contributed by atoms with E-state index in [1.54, 1.807) is 12.1 Å². The van der Waals surface area contributed by atoms with E-state index in [9.17, 15) is 14.0 Å². The lowest BCUT2D eigenvalue weighted by Gasteiger charge is -2.06. The molecule has 0 bridgehead atoms. The average Bonchev–Trinajstić information content (AvgIpc) is 3.15. The standard InChI is InChI=1S/C23H21FN4O2S/c1-28(2)12-18-11-19-21(25-18)26-23(27-22(19)30)31-13-14-3-5-15(6-4-14)20(29)16-7-9-17(24)10-8-16/h3-11H,12-13H2,1-2H3,(H2,25,26,27,30). The number of rotatable bonds is 7. The fraction of sp³-hybridized carbons (Fsp3) is 0.174. The molecule has 2 N–H and O–H groups in total. The summed E-state index contributed by atoms with van der Waals surface area (Å²) in [7, 11) is 3.92. The summed E-state index contributed by atoms with van der Waals surface area (Å²) >= 11 is 1.41. The average molecular weight is 437 g/mol. The number of benzene rings is 2. The topological polar surface area (TPSA) is 81.8 Å². The van der Waals surface area contributed by atoms with Crippen molar-refractivity contribution in [2.75, 3.05) is 14.1 Å². The maximum atomic E-state index is 13.0. The lowest BCUT2D eigenvalue weighted by Crippen LogP contribution is -2.10. The van der Waals surface area contributed by atoms with Crippen molar-refractivity contribution in [2.24, 2.45) is 0 Å². The molecule has 2 aromatic carbocycles. The van der Waals surface area contributed by atoms with Crippen LogP contribution in [0.2, 0.25) is 0 Å². The van der Waals surface area contributed by atoms with E-state index in [2.05, 4.69) is 15.0 Å². The van der Waals surface area contributed by atoms with Crippen molar-refractivity contribution in [3.8, 4) is 0 Å². The first kappa shape index (κ1) is 21.0. The highest BCUT2D eigenvalue weighted by atomic mass is 32.2. The van der Waals surface area contributed by atoms with Crippen LogP contribution in [0.3, 0.4) is 0 Å². The minimum Gasteiger partial charge on any atom is -0.342 e. The number of nitrogens with one attached hydrogen (secondary N) is 2. The molecule has 0 saturated carbocycles. The van der Waals surface area contributed by atoms with Crippen molar-refractivity contribution in [3.63, 3.8) is 0 Å². The Hall–Kier alpha value is -3.23. The third-order valence-corrected chi connectivity index (χ3v) is 5.66. The van der Waals surface area contributed by atoms with Crippen LogP contribution in [-0.2, 0) is 12.3 Å². The number of thioether (sulfide) groups is 1. The predicted octanol–water partition coefficient (Wildman–Crippen LogP) is 3.98. The van der Waals surface area contributed by atoms with Crippen molar-refractivity contribution in [1.29, 1.82) is 0 Å². The van der Waals surface area contributed by atoms with Crippen LogP contribution in [0.4, 0.5) is 4.39 Å². The largest absolute Gasteiger partial charge is 0.342 e. The third-order valence-electron chi connectivity index (χ3n) is 4.72. The summed E-state index contributed by atoms with van der Waals surface area (Å²) in [4.78, 5) is 37.4. The Balaban J connectivity index is 1.45. The number of halogens is 1. The summed E-state index contributed by atoms with van der Waals surface area (Å²) in [6, 6.07) is 14.6. The smallest absolute Gasteiger partial charge is 0.261 e. The molecule has 0 aliphatic carbocycles. The van der Waals surface area contributed by atoms with Crippen LogP contribution >= 0.6 is 11.8 Å². The zero-order chi connectivity index (χ0) is 22.0. The summed E-state index contributed by atoms with van der Waals surface area (Å²) in [5.74, 6) is 0.0584. The fourth-order valence-electron chi connectivity index (χ4n) is 3.22. The summed E-state index contributed by atoms with van der Waals surface area (Å²) in [5, 5.41) is 1.08. The maximum absolute atomic E-state index is 13.0. The number of carbonyl (C=O) groups is 1. The van der Waals surface area contributed by atoms with Gasteiger partial charge in [-0.25, -0.2) is 9.37 Å². The lowest BCUT2D eigenvalue weighted by atomic mass is 10.0. The first-order valence-corrected chi connectivity index (χ1v) is 10.7. The van der Waals surface area contributed by atoms with Gasteiger partial charge in [-0.15, -0.1) is 0 Å². The van der Waals surface area contributed by atoms with Gasteiger partial charge in [-0.1, -0.05) is 36.0 Å². The second-order valence-corrected chi connectivity index (χ2v) is 8.45. The zero-order valence-electron chi connectivity index (χ0n) is 17.1. The molecule has 6 nitrogen and oxygen atoms in total. The maximum Gasteiger partial charge on any atom is 0.261 e. The monoisotopic (exact) mass is 436 g/mol. The molecular weight excluding hydrogens is 415 g/mol. The normalized spacial score (nSPS) is 11.4. The molecule has 0 atom stereocenters. The highest BCUT2D eigenvalue weighted by Gasteiger charge is 2.11. The highest BCUT2D eigenvalue weighted by molar-refractivity contribution is 7.98. The Bertz CT molecular complexity index is 1280. The number of ketones is 1. The Labute approximate surface area is 182 Å². The van der Waals surface area contributed by atoms with Crippen molar-refractivity contribution < 1.29 is 9.18 Å². The van der Waals surface area contributed by atoms with Crippen molar-refractivity contribution in [1.82, 2.24) is 19.9 Å². The second kappa shape index (κ2) is 8.87. The minimum absolute atomic E-state index is 0.157. The van der Waals surface area contributed by atoms with E-state index in [1.165, 1.54) is 36.0 Å². The van der Waals surface area contributed by atoms with Gasteiger partial charge in [-0.05, 0) is 50.0 Å². The van der Waals surface area contributed by atoms with E-state index in [0.29, 0.717) is 39.6 Å². The first-order valence-electron chi connectivity index (χ1n) is 9.68. The molecule has 0 unspecified atom stereocenters. The van der Waals surface area contributed by atoms with Gasteiger partial charge in [0.05, 0.1) is 5.39 Å². The molecule has 8 heteroatoms. The van der Waals surface area contributed by atoms with E-state index in [0.717, 1.165) is 11.3 Å². The van der Waals surface area contributed by atoms with Gasteiger partial charge in [-0.2, -0.15) is 0 Å². The number of aromatic amines is 2. The number of H-pyrrole nitrogens is 2. The van der Waals surface area contributed by atoms with E-state index in [4.69, 9.17) is 0 Å². The molecule has 31 heavy (non-hydrogen) atoms. The van der Waals surface area contributed by atoms with Gasteiger partial charge in [0.25, 0.3) is 5.56 Å². The SMILES string of the molecule is CN(C)Cc1cc2c(=O)[nH]c(SCc3ccc(C(=O)c4ccc(F)cc4)cc3)nc2[nH]1. The minimum atomic E-state index is -0.373. The van der Waals surface area contributed by atoms with Crippen molar-refractivity contribution in [2.45, 2.75) is 17.5 Å². The van der Waals surface area contributed by atoms with Gasteiger partial charge in [0.1, 0.15) is 11.5 Å². The van der Waals surface area contributed by atoms with Gasteiger partial charge < -0.3 is 14.9 Å². The Morgan fingerprint density at radius 1 is 1.03 bits per heavy atom. The number of hydrogen-bond donors (Lipinski definition) is 2. The number of hydrogen-bond acceptors (Lipinski definition) is 5. The number of carbonyl (C=O) groups excluding carboxylic acids is 1. The number of fused-ring (bicyclic) bond motifs is 1. The zero-order valence-corrected chi connectivity index (χ0v) is 17.9. The number of aromatic nitrogens is 3. The van der Waals surface area contributed by atoms with Crippen molar-refractivity contribution in [3.05, 3.63) is 93.2 Å². The Morgan fingerprint density at radius 2 is 1.68 bits per heavy atom. The molecule has 2 aromatic heterocycles. The molecule has 0 spiro atoms. The second-order valence-electron chi connectivity index (χ2n) is 7.49. The number of nitrogens with zero attached hydrogens (tertiary/aromatic N) is 2. The van der Waals surface area contributed by atoms with E-state index >= 15 is 0 Å². The summed E-state index contributed by atoms with van der Waals surface area (Å²) in [6.07, 6.45) is 0. The predicted molar refractivity (Wildman–Crippen MR) is 120 cm³/mol. The quantitative estimate of drug-likeness (QED) is 0.260. The van der Waals surface area contributed by atoms with Crippen LogP contribution in [0.5, 0.6) is 0 Å². The van der Waals surface area contributed by atoms with Crippen molar-refractivity contribution >= 4 is 28.6 Å². The van der Waals surface area contributed by atoms with Crippen LogP contribution in [0.25, 0.3) is 11.0 Å².